The molecule has 1 aromatic rings. The van der Waals surface area contributed by atoms with Crippen molar-refractivity contribution in [3.8, 4) is 0 Å². The lowest BCUT2D eigenvalue weighted by Crippen LogP contribution is -2.49. The number of nitrogens with one attached hydrogen (secondary N) is 2. The number of hydrogen-bond acceptors (Lipinski definition) is 2. The van der Waals surface area contributed by atoms with Gasteiger partial charge in [0.15, 0.2) is 0 Å². The van der Waals surface area contributed by atoms with Crippen LogP contribution in [0, 0.1) is 5.92 Å². The smallest absolute Gasteiger partial charge is 0.0972 e. The van der Waals surface area contributed by atoms with Crippen LogP contribution >= 0.6 is 0 Å². The van der Waals surface area contributed by atoms with Crippen LogP contribution in [0.4, 0.5) is 0 Å². The van der Waals surface area contributed by atoms with Crippen LogP contribution in [0.1, 0.15) is 65.9 Å². The molecule has 0 saturated carbocycles. The molecule has 2 bridgehead atoms. The van der Waals surface area contributed by atoms with E-state index in [1.807, 2.05) is 34.6 Å². The standard InChI is InChI=1S/C19H30N2OS.C2H6/c1-19(2,3)23(22)21-18(11-14-7-5-4-6-8-14)15-12-16-9-10-17(13-15)20-16;1-2/h4-8,15-18,20-21H,9-13H2,1-3H3;1-2H3/t15?,16-,17+,18-,23-;/m0./s1. The van der Waals surface area contributed by atoms with Crippen LogP contribution in [0.3, 0.4) is 0 Å². The van der Waals surface area contributed by atoms with E-state index < -0.39 is 11.0 Å². The van der Waals surface area contributed by atoms with E-state index in [0.717, 1.165) is 6.42 Å². The third-order valence-electron chi connectivity index (χ3n) is 5.19. The van der Waals surface area contributed by atoms with E-state index in [0.29, 0.717) is 24.0 Å². The van der Waals surface area contributed by atoms with Crippen molar-refractivity contribution in [3.63, 3.8) is 0 Å². The number of benzene rings is 1. The fourth-order valence-corrected chi connectivity index (χ4v) is 4.82. The van der Waals surface area contributed by atoms with Crippen LogP contribution < -0.4 is 10.0 Å². The van der Waals surface area contributed by atoms with Gasteiger partial charge in [0.05, 0.1) is 15.7 Å². The molecule has 4 heteroatoms. The van der Waals surface area contributed by atoms with Crippen LogP contribution in [-0.2, 0) is 17.4 Å². The maximum absolute atomic E-state index is 12.7. The van der Waals surface area contributed by atoms with Crippen LogP contribution in [-0.4, -0.2) is 27.1 Å². The van der Waals surface area contributed by atoms with Crippen molar-refractivity contribution in [3.05, 3.63) is 35.9 Å². The van der Waals surface area contributed by atoms with Gasteiger partial charge in [-0.05, 0) is 64.4 Å². The predicted octanol–water partition coefficient (Wildman–Crippen LogP) is 4.21. The molecule has 25 heavy (non-hydrogen) atoms. The minimum Gasteiger partial charge on any atom is -0.311 e. The minimum atomic E-state index is -1.02. The van der Waals surface area contributed by atoms with E-state index in [-0.39, 0.29) is 4.75 Å². The Morgan fingerprint density at radius 1 is 1.12 bits per heavy atom. The first-order valence-electron chi connectivity index (χ1n) is 9.90. The SMILES string of the molecule is CC.CC(C)(C)[S@](=O)N[C@@H](Cc1ccccc1)C1C[C@H]2CC[C@@H](C1)N2. The van der Waals surface area contributed by atoms with E-state index >= 15 is 0 Å². The van der Waals surface area contributed by atoms with E-state index in [2.05, 4.69) is 40.4 Å². The van der Waals surface area contributed by atoms with Crippen molar-refractivity contribution in [1.29, 1.82) is 0 Å². The second kappa shape index (κ2) is 9.29. The second-order valence-electron chi connectivity index (χ2n) is 8.16. The molecule has 0 spiro atoms. The highest BCUT2D eigenvalue weighted by Gasteiger charge is 2.38. The molecule has 0 aromatic heterocycles. The van der Waals surface area contributed by atoms with Gasteiger partial charge in [0.2, 0.25) is 0 Å². The molecule has 3 rings (SSSR count). The zero-order chi connectivity index (χ0) is 18.4. The van der Waals surface area contributed by atoms with Crippen molar-refractivity contribution in [2.45, 2.75) is 89.6 Å². The van der Waals surface area contributed by atoms with Gasteiger partial charge in [0, 0.05) is 18.1 Å². The maximum Gasteiger partial charge on any atom is 0.0972 e. The molecule has 2 saturated heterocycles. The van der Waals surface area contributed by atoms with E-state index in [9.17, 15) is 4.21 Å². The highest BCUT2D eigenvalue weighted by atomic mass is 32.2. The topological polar surface area (TPSA) is 41.1 Å². The first kappa shape index (κ1) is 20.6. The molecule has 0 amide bonds. The monoisotopic (exact) mass is 364 g/mol. The van der Waals surface area contributed by atoms with Crippen molar-refractivity contribution in [2.75, 3.05) is 0 Å². The lowest BCUT2D eigenvalue weighted by atomic mass is 9.84. The molecule has 0 aliphatic carbocycles. The summed E-state index contributed by atoms with van der Waals surface area (Å²) >= 11 is 0. The third kappa shape index (κ3) is 5.90. The molecule has 0 radical (unpaired) electrons. The zero-order valence-electron chi connectivity index (χ0n) is 16.5. The van der Waals surface area contributed by atoms with E-state index in [4.69, 9.17) is 0 Å². The van der Waals surface area contributed by atoms with E-state index in [1.54, 1.807) is 0 Å². The molecule has 2 fully saturated rings. The molecule has 1 aromatic carbocycles. The molecule has 5 atom stereocenters. The first-order chi connectivity index (χ1) is 11.9. The molecule has 142 valence electrons. The maximum atomic E-state index is 12.7. The van der Waals surface area contributed by atoms with Crippen molar-refractivity contribution >= 4 is 11.0 Å². The largest absolute Gasteiger partial charge is 0.311 e. The minimum absolute atomic E-state index is 0.221. The summed E-state index contributed by atoms with van der Waals surface area (Å²) in [6, 6.07) is 12.3. The summed E-state index contributed by atoms with van der Waals surface area (Å²) in [6.45, 7) is 10.1. The second-order valence-corrected chi connectivity index (χ2v) is 10.2. The van der Waals surface area contributed by atoms with Crippen LogP contribution in [0.25, 0.3) is 0 Å². The molecular weight excluding hydrogens is 328 g/mol. The number of piperidine rings is 1. The van der Waals surface area contributed by atoms with Gasteiger partial charge in [-0.3, -0.25) is 0 Å². The first-order valence-corrected chi connectivity index (χ1v) is 11.0. The molecule has 2 aliphatic rings. The highest BCUT2D eigenvalue weighted by Crippen LogP contribution is 2.34. The van der Waals surface area contributed by atoms with Gasteiger partial charge in [-0.15, -0.1) is 0 Å². The van der Waals surface area contributed by atoms with E-state index in [1.165, 1.54) is 31.2 Å². The van der Waals surface area contributed by atoms with Crippen molar-refractivity contribution < 1.29 is 4.21 Å². The number of fused-ring (bicyclic) bond motifs is 2. The summed E-state index contributed by atoms with van der Waals surface area (Å²) in [4.78, 5) is 0. The lowest BCUT2D eigenvalue weighted by molar-refractivity contribution is 0.250. The van der Waals surface area contributed by atoms with Gasteiger partial charge in [0.1, 0.15) is 0 Å². The van der Waals surface area contributed by atoms with Crippen LogP contribution in [0.5, 0.6) is 0 Å². The van der Waals surface area contributed by atoms with Gasteiger partial charge in [-0.25, -0.2) is 8.93 Å². The summed E-state index contributed by atoms with van der Waals surface area (Å²) in [5.74, 6) is 0.611. The van der Waals surface area contributed by atoms with Gasteiger partial charge in [0.25, 0.3) is 0 Å². The van der Waals surface area contributed by atoms with Crippen LogP contribution in [0.2, 0.25) is 0 Å². The number of hydrogen-bond donors (Lipinski definition) is 2. The molecule has 2 heterocycles. The van der Waals surface area contributed by atoms with Gasteiger partial charge in [-0.1, -0.05) is 44.2 Å². The Balaban J connectivity index is 0.00000109. The summed E-state index contributed by atoms with van der Waals surface area (Å²) < 4.78 is 15.9. The average Bonchev–Trinajstić information content (AvgIpc) is 2.94. The molecule has 1 unspecified atom stereocenters. The third-order valence-corrected chi connectivity index (χ3v) is 6.82. The van der Waals surface area contributed by atoms with Gasteiger partial charge >= 0.3 is 0 Å². The molecular formula is C21H36N2OS. The molecule has 3 nitrogen and oxygen atoms in total. The molecule has 2 aliphatic heterocycles. The fourth-order valence-electron chi connectivity index (χ4n) is 3.92. The Labute approximate surface area is 157 Å². The summed E-state index contributed by atoms with van der Waals surface area (Å²) in [5, 5.41) is 3.72. The highest BCUT2D eigenvalue weighted by molar-refractivity contribution is 7.84. The Morgan fingerprint density at radius 2 is 1.68 bits per heavy atom. The molecule has 2 N–H and O–H groups in total. The summed E-state index contributed by atoms with van der Waals surface area (Å²) in [7, 11) is -1.02. The zero-order valence-corrected chi connectivity index (χ0v) is 17.4. The lowest BCUT2D eigenvalue weighted by Gasteiger charge is -2.36. The number of rotatable bonds is 5. The van der Waals surface area contributed by atoms with Crippen LogP contribution in [0.15, 0.2) is 30.3 Å². The normalized spacial score (nSPS) is 28.0. The Morgan fingerprint density at radius 3 is 2.20 bits per heavy atom. The predicted molar refractivity (Wildman–Crippen MR) is 109 cm³/mol. The van der Waals surface area contributed by atoms with Gasteiger partial charge in [-0.2, -0.15) is 0 Å². The Bertz CT molecular complexity index is 529. The summed E-state index contributed by atoms with van der Waals surface area (Å²) in [6.07, 6.45) is 6.00. The Hall–Kier alpha value is -0.710. The van der Waals surface area contributed by atoms with Gasteiger partial charge < -0.3 is 5.32 Å². The summed E-state index contributed by atoms with van der Waals surface area (Å²) in [5.41, 5.74) is 1.33. The van der Waals surface area contributed by atoms with Crippen molar-refractivity contribution in [2.24, 2.45) is 5.92 Å². The van der Waals surface area contributed by atoms with Crippen molar-refractivity contribution in [1.82, 2.24) is 10.0 Å². The quantitative estimate of drug-likeness (QED) is 0.822. The fraction of sp³-hybridized carbons (Fsp3) is 0.714. The average molecular weight is 365 g/mol. The Kier molecular flexibility index (Phi) is 7.66.